The summed E-state index contributed by atoms with van der Waals surface area (Å²) in [5, 5.41) is 0. The zero-order valence-electron chi connectivity index (χ0n) is 40.2. The number of carbonyl (C=O) groups is 2. The van der Waals surface area contributed by atoms with Crippen LogP contribution in [0.5, 0.6) is 0 Å². The van der Waals surface area contributed by atoms with Crippen LogP contribution in [0.25, 0.3) is 0 Å². The molecule has 0 heterocycles. The van der Waals surface area contributed by atoms with Gasteiger partial charge in [-0.3, -0.25) is 9.59 Å². The van der Waals surface area contributed by atoms with Crippen molar-refractivity contribution in [2.24, 2.45) is 0 Å². The van der Waals surface area contributed by atoms with Gasteiger partial charge in [-0.05, 0) is 57.8 Å². The summed E-state index contributed by atoms with van der Waals surface area (Å²) in [7, 11) is 0. The summed E-state index contributed by atoms with van der Waals surface area (Å²) >= 11 is 0. The van der Waals surface area contributed by atoms with E-state index in [0.29, 0.717) is 19.4 Å². The maximum atomic E-state index is 12.8. The molecule has 0 rings (SSSR count). The normalized spacial score (nSPS) is 12.5. The molecule has 350 valence electrons. The van der Waals surface area contributed by atoms with Gasteiger partial charge in [0.15, 0.2) is 6.10 Å². The Morgan fingerprint density at radius 2 is 0.750 bits per heavy atom. The van der Waals surface area contributed by atoms with Crippen molar-refractivity contribution in [3.05, 3.63) is 48.6 Å². The quantitative estimate of drug-likeness (QED) is 0.0347. The van der Waals surface area contributed by atoms with E-state index < -0.39 is 6.10 Å². The fourth-order valence-corrected chi connectivity index (χ4v) is 7.50. The molecule has 1 atom stereocenters. The van der Waals surface area contributed by atoms with E-state index >= 15 is 0 Å². The van der Waals surface area contributed by atoms with E-state index in [1.54, 1.807) is 0 Å². The first-order valence-electron chi connectivity index (χ1n) is 26.2. The molecule has 0 spiro atoms. The third-order valence-corrected chi connectivity index (χ3v) is 11.4. The van der Waals surface area contributed by atoms with E-state index in [0.717, 1.165) is 77.0 Å². The third-order valence-electron chi connectivity index (χ3n) is 11.4. The number of hydrogen-bond donors (Lipinski definition) is 0. The predicted octanol–water partition coefficient (Wildman–Crippen LogP) is 17.6. The van der Waals surface area contributed by atoms with Gasteiger partial charge in [0, 0.05) is 19.4 Å². The largest absolute Gasteiger partial charge is 0.462 e. The van der Waals surface area contributed by atoms with Crippen molar-refractivity contribution < 1.29 is 23.8 Å². The number of carbonyl (C=O) groups excluding carboxylic acids is 2. The lowest BCUT2D eigenvalue weighted by atomic mass is 10.0. The van der Waals surface area contributed by atoms with Gasteiger partial charge in [-0.15, -0.1) is 0 Å². The number of hydrogen-bond acceptors (Lipinski definition) is 5. The van der Waals surface area contributed by atoms with Gasteiger partial charge in [-0.1, -0.05) is 243 Å². The standard InChI is InChI=1S/C55H100O5/c1-4-7-10-13-16-19-22-24-26-28-29-31-34-36-39-42-45-48-54(56)59-52-53(60-55(57)49-46-43-40-37-33-21-18-15-12-9-6-3)51-58-50-47-44-41-38-35-32-30-27-25-23-20-17-14-11-8-5-2/h7,10,16,19,24,26,29,31,53H,4-6,8-9,11-15,17-18,20-23,25,27-28,30,32-52H2,1-3H3/b10-7-,19-16-,26-24-,31-29-/t53-/m1/s1. The first-order chi connectivity index (χ1) is 29.6. The van der Waals surface area contributed by atoms with Crippen molar-refractivity contribution in [2.45, 2.75) is 271 Å². The van der Waals surface area contributed by atoms with Gasteiger partial charge in [0.2, 0.25) is 0 Å². The van der Waals surface area contributed by atoms with Crippen molar-refractivity contribution in [3.63, 3.8) is 0 Å². The molecule has 0 aromatic rings. The van der Waals surface area contributed by atoms with Crippen LogP contribution in [0.15, 0.2) is 48.6 Å². The highest BCUT2D eigenvalue weighted by Gasteiger charge is 2.17. The van der Waals surface area contributed by atoms with Crippen molar-refractivity contribution in [2.75, 3.05) is 19.8 Å². The number of unbranched alkanes of at least 4 members (excludes halogenated alkanes) is 29. The molecule has 0 aromatic heterocycles. The molecule has 0 amide bonds. The summed E-state index contributed by atoms with van der Waals surface area (Å²) in [6.45, 7) is 7.73. The summed E-state index contributed by atoms with van der Waals surface area (Å²) in [4.78, 5) is 25.4. The minimum Gasteiger partial charge on any atom is -0.462 e. The van der Waals surface area contributed by atoms with Crippen molar-refractivity contribution in [3.8, 4) is 0 Å². The Bertz CT molecular complexity index is 997. The molecule has 0 saturated carbocycles. The molecular formula is C55H100O5. The molecule has 0 aliphatic rings. The van der Waals surface area contributed by atoms with Gasteiger partial charge in [0.25, 0.3) is 0 Å². The van der Waals surface area contributed by atoms with E-state index in [9.17, 15) is 9.59 Å². The Morgan fingerprint density at radius 1 is 0.383 bits per heavy atom. The zero-order valence-corrected chi connectivity index (χ0v) is 40.2. The van der Waals surface area contributed by atoms with Crippen LogP contribution < -0.4 is 0 Å². The van der Waals surface area contributed by atoms with Gasteiger partial charge >= 0.3 is 11.9 Å². The van der Waals surface area contributed by atoms with Crippen LogP contribution in [0.1, 0.15) is 265 Å². The van der Waals surface area contributed by atoms with Gasteiger partial charge < -0.3 is 14.2 Å². The highest BCUT2D eigenvalue weighted by Crippen LogP contribution is 2.15. The number of ether oxygens (including phenoxy) is 3. The van der Waals surface area contributed by atoms with Crippen LogP contribution in [0.3, 0.4) is 0 Å². The Balaban J connectivity index is 4.24. The van der Waals surface area contributed by atoms with E-state index in [4.69, 9.17) is 14.2 Å². The summed E-state index contributed by atoms with van der Waals surface area (Å²) in [6.07, 6.45) is 62.6. The first kappa shape index (κ1) is 57.9. The van der Waals surface area contributed by atoms with Gasteiger partial charge in [-0.2, -0.15) is 0 Å². The van der Waals surface area contributed by atoms with Crippen LogP contribution in [-0.2, 0) is 23.8 Å². The molecule has 0 saturated heterocycles. The molecule has 0 N–H and O–H groups in total. The Hall–Kier alpha value is -2.14. The molecule has 0 aliphatic heterocycles. The van der Waals surface area contributed by atoms with Crippen LogP contribution in [0.2, 0.25) is 0 Å². The molecule has 0 aromatic carbocycles. The summed E-state index contributed by atoms with van der Waals surface area (Å²) in [5.41, 5.74) is 0. The topological polar surface area (TPSA) is 61.8 Å². The zero-order chi connectivity index (χ0) is 43.5. The fraction of sp³-hybridized carbons (Fsp3) is 0.818. The number of esters is 2. The van der Waals surface area contributed by atoms with E-state index in [1.165, 1.54) is 154 Å². The maximum absolute atomic E-state index is 12.8. The molecule has 0 unspecified atom stereocenters. The predicted molar refractivity (Wildman–Crippen MR) is 261 cm³/mol. The van der Waals surface area contributed by atoms with E-state index in [2.05, 4.69) is 69.4 Å². The lowest BCUT2D eigenvalue weighted by Crippen LogP contribution is -2.30. The van der Waals surface area contributed by atoms with Gasteiger partial charge in [-0.25, -0.2) is 0 Å². The second kappa shape index (κ2) is 51.2. The van der Waals surface area contributed by atoms with Crippen molar-refractivity contribution >= 4 is 11.9 Å². The second-order valence-electron chi connectivity index (χ2n) is 17.4. The lowest BCUT2D eigenvalue weighted by Gasteiger charge is -2.18. The minimum absolute atomic E-state index is 0.0770. The highest BCUT2D eigenvalue weighted by atomic mass is 16.6. The SMILES string of the molecule is CC/C=C\C/C=C\C/C=C\C/C=C\CCCCCCC(=O)OC[C@@H](COCCCCCCCCCCCCCCCCCC)OC(=O)CCCCCCCCCCCCC. The van der Waals surface area contributed by atoms with Crippen molar-refractivity contribution in [1.82, 2.24) is 0 Å². The Kier molecular flexibility index (Phi) is 49.4. The second-order valence-corrected chi connectivity index (χ2v) is 17.4. The molecule has 60 heavy (non-hydrogen) atoms. The van der Waals surface area contributed by atoms with Crippen LogP contribution >= 0.6 is 0 Å². The average Bonchev–Trinajstić information content (AvgIpc) is 3.25. The van der Waals surface area contributed by atoms with Crippen molar-refractivity contribution in [1.29, 1.82) is 0 Å². The monoisotopic (exact) mass is 841 g/mol. The van der Waals surface area contributed by atoms with E-state index in [-0.39, 0.29) is 25.2 Å². The Morgan fingerprint density at radius 3 is 1.20 bits per heavy atom. The van der Waals surface area contributed by atoms with E-state index in [1.807, 2.05) is 0 Å². The number of allylic oxidation sites excluding steroid dienone is 8. The van der Waals surface area contributed by atoms with Crippen LogP contribution in [0.4, 0.5) is 0 Å². The first-order valence-corrected chi connectivity index (χ1v) is 26.2. The molecule has 0 fully saturated rings. The molecular weight excluding hydrogens is 741 g/mol. The molecule has 5 heteroatoms. The van der Waals surface area contributed by atoms with Gasteiger partial charge in [0.1, 0.15) is 6.61 Å². The fourth-order valence-electron chi connectivity index (χ4n) is 7.50. The molecule has 0 aliphatic carbocycles. The lowest BCUT2D eigenvalue weighted by molar-refractivity contribution is -0.163. The average molecular weight is 841 g/mol. The third kappa shape index (κ3) is 48.5. The molecule has 5 nitrogen and oxygen atoms in total. The molecule has 0 radical (unpaired) electrons. The Labute approximate surface area is 373 Å². The maximum Gasteiger partial charge on any atom is 0.306 e. The van der Waals surface area contributed by atoms with Gasteiger partial charge in [0.05, 0.1) is 6.61 Å². The highest BCUT2D eigenvalue weighted by molar-refractivity contribution is 5.70. The minimum atomic E-state index is -0.540. The summed E-state index contributed by atoms with van der Waals surface area (Å²) in [6, 6.07) is 0. The molecule has 0 bridgehead atoms. The number of rotatable bonds is 48. The van der Waals surface area contributed by atoms with Crippen LogP contribution in [-0.4, -0.2) is 37.9 Å². The van der Waals surface area contributed by atoms with Crippen LogP contribution in [0, 0.1) is 0 Å². The summed E-state index contributed by atoms with van der Waals surface area (Å²) < 4.78 is 17.4. The smallest absolute Gasteiger partial charge is 0.306 e. The summed E-state index contributed by atoms with van der Waals surface area (Å²) in [5.74, 6) is -0.413.